The third-order valence-corrected chi connectivity index (χ3v) is 13.7. The van der Waals surface area contributed by atoms with Crippen LogP contribution in [0.3, 0.4) is 0 Å². The third-order valence-electron chi connectivity index (χ3n) is 13.7. The highest BCUT2D eigenvalue weighted by Crippen LogP contribution is 2.52. The zero-order valence-electron chi connectivity index (χ0n) is 39.0. The highest BCUT2D eigenvalue weighted by molar-refractivity contribution is 5.89. The summed E-state index contributed by atoms with van der Waals surface area (Å²) in [6.07, 6.45) is 0. The fourth-order valence-electron chi connectivity index (χ4n) is 10.2. The molecule has 0 spiro atoms. The maximum absolute atomic E-state index is 2.46. The Labute approximate surface area is 401 Å². The fraction of sp³-hybridized carbons (Fsp3) is 0.0769. The summed E-state index contributed by atoms with van der Waals surface area (Å²) in [5.74, 6) is 0. The molecule has 0 heterocycles. The minimum absolute atomic E-state index is 0.181. The molecular formula is C65H53N3. The van der Waals surface area contributed by atoms with Gasteiger partial charge in [-0.1, -0.05) is 141 Å². The van der Waals surface area contributed by atoms with E-state index in [1.807, 2.05) is 0 Å². The van der Waals surface area contributed by atoms with Crippen LogP contribution in [0.5, 0.6) is 0 Å². The van der Waals surface area contributed by atoms with Crippen molar-refractivity contribution < 1.29 is 0 Å². The molecule has 68 heavy (non-hydrogen) atoms. The first-order valence-corrected chi connectivity index (χ1v) is 23.6. The Morgan fingerprint density at radius 3 is 0.721 bits per heavy atom. The van der Waals surface area contributed by atoms with Gasteiger partial charge in [-0.15, -0.1) is 0 Å². The van der Waals surface area contributed by atoms with Crippen LogP contribution in [0.1, 0.15) is 36.1 Å². The van der Waals surface area contributed by atoms with E-state index in [-0.39, 0.29) is 5.41 Å². The molecule has 0 unspecified atom stereocenters. The van der Waals surface area contributed by atoms with Crippen LogP contribution in [0.15, 0.2) is 249 Å². The first-order chi connectivity index (χ1) is 33.3. The smallest absolute Gasteiger partial charge is 0.0463 e. The number of fused-ring (bicyclic) bond motifs is 3. The molecule has 0 saturated carbocycles. The Balaban J connectivity index is 0.893. The molecule has 328 valence electrons. The largest absolute Gasteiger partial charge is 0.311 e. The van der Waals surface area contributed by atoms with Crippen LogP contribution in [0, 0.1) is 13.8 Å². The van der Waals surface area contributed by atoms with Crippen LogP contribution >= 0.6 is 0 Å². The van der Waals surface area contributed by atoms with E-state index in [1.165, 1.54) is 55.6 Å². The van der Waals surface area contributed by atoms with Gasteiger partial charge < -0.3 is 14.7 Å². The molecule has 0 fully saturated rings. The molecule has 11 rings (SSSR count). The average molecular weight is 876 g/mol. The summed E-state index contributed by atoms with van der Waals surface area (Å²) < 4.78 is 0. The normalized spacial score (nSPS) is 12.2. The van der Waals surface area contributed by atoms with E-state index in [1.54, 1.807) is 0 Å². The topological polar surface area (TPSA) is 9.72 Å². The molecule has 3 nitrogen and oxygen atoms in total. The molecule has 0 aromatic heterocycles. The molecule has 3 heteroatoms. The number of anilines is 9. The lowest BCUT2D eigenvalue weighted by molar-refractivity contribution is 0.660. The fourth-order valence-corrected chi connectivity index (χ4v) is 10.2. The zero-order valence-corrected chi connectivity index (χ0v) is 39.0. The second-order valence-electron chi connectivity index (χ2n) is 18.3. The highest BCUT2D eigenvalue weighted by atomic mass is 15.2. The van der Waals surface area contributed by atoms with E-state index in [2.05, 4.69) is 291 Å². The van der Waals surface area contributed by atoms with Crippen molar-refractivity contribution in [3.05, 3.63) is 271 Å². The van der Waals surface area contributed by atoms with E-state index in [4.69, 9.17) is 0 Å². The minimum atomic E-state index is -0.181. The van der Waals surface area contributed by atoms with E-state index in [9.17, 15) is 0 Å². The van der Waals surface area contributed by atoms with Crippen molar-refractivity contribution in [3.63, 3.8) is 0 Å². The minimum Gasteiger partial charge on any atom is -0.311 e. The van der Waals surface area contributed by atoms with Crippen molar-refractivity contribution in [2.24, 2.45) is 0 Å². The molecule has 10 aromatic carbocycles. The summed E-state index contributed by atoms with van der Waals surface area (Å²) in [6.45, 7) is 9.30. The first-order valence-electron chi connectivity index (χ1n) is 23.6. The number of para-hydroxylation sites is 5. The summed E-state index contributed by atoms with van der Waals surface area (Å²) in [4.78, 5) is 6.96. The van der Waals surface area contributed by atoms with Gasteiger partial charge in [0.05, 0.1) is 0 Å². The van der Waals surface area contributed by atoms with E-state index in [0.717, 1.165) is 51.2 Å². The first kappa shape index (κ1) is 42.2. The Morgan fingerprint density at radius 2 is 0.471 bits per heavy atom. The van der Waals surface area contributed by atoms with Crippen molar-refractivity contribution in [2.75, 3.05) is 14.7 Å². The molecule has 0 radical (unpaired) electrons. The van der Waals surface area contributed by atoms with Crippen LogP contribution in [-0.2, 0) is 5.41 Å². The Morgan fingerprint density at radius 1 is 0.250 bits per heavy atom. The highest BCUT2D eigenvalue weighted by Gasteiger charge is 2.37. The summed E-state index contributed by atoms with van der Waals surface area (Å²) >= 11 is 0. The van der Waals surface area contributed by atoms with Crippen LogP contribution in [0.25, 0.3) is 33.4 Å². The van der Waals surface area contributed by atoms with E-state index in [0.29, 0.717) is 0 Å². The number of hydrogen-bond donors (Lipinski definition) is 0. The monoisotopic (exact) mass is 875 g/mol. The number of aryl methyl sites for hydroxylation is 2. The lowest BCUT2D eigenvalue weighted by Gasteiger charge is -2.28. The lowest BCUT2D eigenvalue weighted by Crippen LogP contribution is -2.15. The molecule has 0 N–H and O–H groups in total. The van der Waals surface area contributed by atoms with Gasteiger partial charge in [0, 0.05) is 56.6 Å². The van der Waals surface area contributed by atoms with Crippen molar-refractivity contribution in [2.45, 2.75) is 33.1 Å². The molecule has 0 atom stereocenters. The predicted octanol–water partition coefficient (Wildman–Crippen LogP) is 18.4. The number of rotatable bonds is 11. The Bertz CT molecular complexity index is 3250. The van der Waals surface area contributed by atoms with Crippen LogP contribution in [-0.4, -0.2) is 0 Å². The summed E-state index contributed by atoms with van der Waals surface area (Å²) in [5.41, 5.74) is 22.8. The standard InChI is InChI=1S/C65H53N3/c1-46-42-61-62-43-47(2)60(45-64(62)65(3,4)63(61)44-59(46)48-30-34-55(35-31-48)66(50-20-10-5-11-21-50)51-22-12-6-13-23-51)49-32-36-56(37-33-49)68(54-28-18-9-19-29-54)58-40-38-57(39-41-58)67(52-24-14-7-15-25-52)53-26-16-8-17-27-53/h5-45H,1-4H3. The number of benzene rings is 10. The third kappa shape index (κ3) is 7.82. The molecule has 0 amide bonds. The zero-order chi connectivity index (χ0) is 46.2. The molecular weight excluding hydrogens is 823 g/mol. The maximum Gasteiger partial charge on any atom is 0.0463 e. The van der Waals surface area contributed by atoms with Crippen LogP contribution in [0.2, 0.25) is 0 Å². The van der Waals surface area contributed by atoms with Crippen molar-refractivity contribution in [3.8, 4) is 33.4 Å². The Hall–Kier alpha value is -8.40. The molecule has 0 saturated heterocycles. The van der Waals surface area contributed by atoms with Gasteiger partial charge in [0.15, 0.2) is 0 Å². The van der Waals surface area contributed by atoms with Gasteiger partial charge in [-0.25, -0.2) is 0 Å². The average Bonchev–Trinajstić information content (AvgIpc) is 3.59. The second-order valence-corrected chi connectivity index (χ2v) is 18.3. The molecule has 0 bridgehead atoms. The SMILES string of the molecule is Cc1cc2c(cc1-c1ccc(N(c3ccccc3)c3ccccc3)cc1)C(C)(C)c1cc(-c3ccc(N(c4ccccc4)c4ccc(N(c5ccccc5)c5ccccc5)cc4)cc3)c(C)cc1-2. The van der Waals surface area contributed by atoms with Gasteiger partial charge in [-0.05, 0) is 191 Å². The van der Waals surface area contributed by atoms with Crippen LogP contribution in [0.4, 0.5) is 51.2 Å². The molecule has 1 aliphatic rings. The summed E-state index contributed by atoms with van der Waals surface area (Å²) in [7, 11) is 0. The maximum atomic E-state index is 2.46. The molecule has 10 aromatic rings. The summed E-state index contributed by atoms with van der Waals surface area (Å²) in [5, 5.41) is 0. The van der Waals surface area contributed by atoms with Crippen LogP contribution < -0.4 is 14.7 Å². The number of hydrogen-bond acceptors (Lipinski definition) is 3. The van der Waals surface area contributed by atoms with Crippen molar-refractivity contribution in [1.29, 1.82) is 0 Å². The van der Waals surface area contributed by atoms with E-state index >= 15 is 0 Å². The van der Waals surface area contributed by atoms with Gasteiger partial charge >= 0.3 is 0 Å². The van der Waals surface area contributed by atoms with Gasteiger partial charge in [0.2, 0.25) is 0 Å². The quantitative estimate of drug-likeness (QED) is 0.128. The second kappa shape index (κ2) is 17.8. The summed E-state index contributed by atoms with van der Waals surface area (Å²) in [6, 6.07) is 89.8. The van der Waals surface area contributed by atoms with Gasteiger partial charge in [0.25, 0.3) is 0 Å². The molecule has 0 aliphatic heterocycles. The van der Waals surface area contributed by atoms with Gasteiger partial charge in [-0.3, -0.25) is 0 Å². The van der Waals surface area contributed by atoms with E-state index < -0.39 is 0 Å². The van der Waals surface area contributed by atoms with Gasteiger partial charge in [0.1, 0.15) is 0 Å². The van der Waals surface area contributed by atoms with Crippen molar-refractivity contribution in [1.82, 2.24) is 0 Å². The predicted molar refractivity (Wildman–Crippen MR) is 288 cm³/mol. The lowest BCUT2D eigenvalue weighted by atomic mass is 9.80. The van der Waals surface area contributed by atoms with Crippen molar-refractivity contribution >= 4 is 51.2 Å². The molecule has 1 aliphatic carbocycles. The Kier molecular flexibility index (Phi) is 11.0. The number of nitrogens with zero attached hydrogens (tertiary/aromatic N) is 3. The van der Waals surface area contributed by atoms with Gasteiger partial charge in [-0.2, -0.15) is 0 Å².